The van der Waals surface area contributed by atoms with Gasteiger partial charge < -0.3 is 14.9 Å². The smallest absolute Gasteiger partial charge is 0.275 e. The third-order valence-electron chi connectivity index (χ3n) is 2.88. The minimum absolute atomic E-state index is 0.0332. The van der Waals surface area contributed by atoms with Crippen molar-refractivity contribution < 1.29 is 19.7 Å². The molecule has 0 aliphatic rings. The summed E-state index contributed by atoms with van der Waals surface area (Å²) in [7, 11) is 1.50. The number of rotatable bonds is 4. The first-order valence-corrected chi connectivity index (χ1v) is 7.89. The summed E-state index contributed by atoms with van der Waals surface area (Å²) in [6.07, 6.45) is 1.27. The molecule has 23 heavy (non-hydrogen) atoms. The molecule has 2 rings (SSSR count). The number of nitrogens with one attached hydrogen (secondary N) is 1. The van der Waals surface area contributed by atoms with E-state index in [1.165, 1.54) is 25.5 Å². The van der Waals surface area contributed by atoms with E-state index in [1.807, 2.05) is 0 Å². The quantitative estimate of drug-likeness (QED) is 0.498. The van der Waals surface area contributed by atoms with Crippen molar-refractivity contribution >= 4 is 44.0 Å². The number of hydrogen-bond acceptors (Lipinski definition) is 5. The molecule has 1 amide bonds. The van der Waals surface area contributed by atoms with E-state index < -0.39 is 5.91 Å². The van der Waals surface area contributed by atoms with Crippen molar-refractivity contribution in [2.45, 2.75) is 0 Å². The predicted molar refractivity (Wildman–Crippen MR) is 93.2 cm³/mol. The van der Waals surface area contributed by atoms with E-state index >= 15 is 0 Å². The minimum atomic E-state index is -0.582. The van der Waals surface area contributed by atoms with Gasteiger partial charge in [-0.25, -0.2) is 5.43 Å². The largest absolute Gasteiger partial charge is 0.507 e. The highest BCUT2D eigenvalue weighted by Crippen LogP contribution is 2.31. The third kappa shape index (κ3) is 4.23. The molecule has 6 nitrogen and oxygen atoms in total. The van der Waals surface area contributed by atoms with Gasteiger partial charge in [0.1, 0.15) is 17.2 Å². The Morgan fingerprint density at radius 1 is 1.26 bits per heavy atom. The Labute approximate surface area is 149 Å². The number of carbonyl (C=O) groups is 1. The SMILES string of the molecule is COc1cc(Br)c(O)c(/C=N\NC(=O)c2cc(Br)ccc2O)c1. The number of phenolic OH excluding ortho intramolecular Hbond substituents is 2. The average molecular weight is 444 g/mol. The molecule has 2 aromatic rings. The van der Waals surface area contributed by atoms with Crippen LogP contribution < -0.4 is 10.2 Å². The first-order valence-electron chi connectivity index (χ1n) is 6.30. The fraction of sp³-hybridized carbons (Fsp3) is 0.0667. The second-order valence-corrected chi connectivity index (χ2v) is 6.18. The second-order valence-electron chi connectivity index (χ2n) is 4.41. The minimum Gasteiger partial charge on any atom is -0.507 e. The first-order chi connectivity index (χ1) is 10.9. The van der Waals surface area contributed by atoms with Crippen LogP contribution in [0, 0.1) is 0 Å². The summed E-state index contributed by atoms with van der Waals surface area (Å²) in [5, 5.41) is 23.4. The first kappa shape index (κ1) is 17.3. The van der Waals surface area contributed by atoms with Crippen molar-refractivity contribution in [2.24, 2.45) is 5.10 Å². The normalized spacial score (nSPS) is 10.7. The molecule has 0 heterocycles. The maximum atomic E-state index is 12.0. The monoisotopic (exact) mass is 442 g/mol. The lowest BCUT2D eigenvalue weighted by atomic mass is 10.2. The lowest BCUT2D eigenvalue weighted by Gasteiger charge is -2.06. The average Bonchev–Trinajstić information content (AvgIpc) is 2.53. The van der Waals surface area contributed by atoms with E-state index in [2.05, 4.69) is 42.4 Å². The summed E-state index contributed by atoms with van der Waals surface area (Å²) in [5.74, 6) is -0.254. The second kappa shape index (κ2) is 7.47. The van der Waals surface area contributed by atoms with E-state index in [0.717, 1.165) is 0 Å². The summed E-state index contributed by atoms with van der Waals surface area (Å²) in [6.45, 7) is 0. The Hall–Kier alpha value is -2.06. The van der Waals surface area contributed by atoms with Crippen LogP contribution in [0.25, 0.3) is 0 Å². The zero-order chi connectivity index (χ0) is 17.0. The van der Waals surface area contributed by atoms with Gasteiger partial charge in [0.15, 0.2) is 0 Å². The zero-order valence-corrected chi connectivity index (χ0v) is 15.1. The molecule has 0 saturated carbocycles. The molecule has 0 aromatic heterocycles. The fourth-order valence-corrected chi connectivity index (χ4v) is 2.54. The van der Waals surface area contributed by atoms with Crippen molar-refractivity contribution in [3.8, 4) is 17.2 Å². The Bertz CT molecular complexity index is 778. The lowest BCUT2D eigenvalue weighted by molar-refractivity contribution is 0.0952. The number of ether oxygens (including phenoxy) is 1. The molecular formula is C15H12Br2N2O4. The molecule has 0 unspecified atom stereocenters. The molecule has 0 aliphatic carbocycles. The number of benzene rings is 2. The van der Waals surface area contributed by atoms with Crippen LogP contribution in [0.3, 0.4) is 0 Å². The third-order valence-corrected chi connectivity index (χ3v) is 3.97. The molecule has 120 valence electrons. The number of aromatic hydroxyl groups is 2. The van der Waals surface area contributed by atoms with E-state index in [0.29, 0.717) is 20.3 Å². The van der Waals surface area contributed by atoms with Crippen molar-refractivity contribution in [3.63, 3.8) is 0 Å². The molecule has 3 N–H and O–H groups in total. The molecule has 0 saturated heterocycles. The van der Waals surface area contributed by atoms with Gasteiger partial charge in [-0.3, -0.25) is 4.79 Å². The highest BCUT2D eigenvalue weighted by atomic mass is 79.9. The van der Waals surface area contributed by atoms with Crippen LogP contribution in [0.2, 0.25) is 0 Å². The molecule has 8 heteroatoms. The van der Waals surface area contributed by atoms with E-state index in [4.69, 9.17) is 4.74 Å². The zero-order valence-electron chi connectivity index (χ0n) is 11.9. The highest BCUT2D eigenvalue weighted by molar-refractivity contribution is 9.10. The van der Waals surface area contributed by atoms with Gasteiger partial charge in [-0.2, -0.15) is 5.10 Å². The number of amides is 1. The molecule has 0 aliphatic heterocycles. The Balaban J connectivity index is 2.17. The maximum Gasteiger partial charge on any atom is 0.275 e. The van der Waals surface area contributed by atoms with Crippen LogP contribution in [0.4, 0.5) is 0 Å². The summed E-state index contributed by atoms with van der Waals surface area (Å²) in [4.78, 5) is 12.0. The van der Waals surface area contributed by atoms with E-state index in [9.17, 15) is 15.0 Å². The summed E-state index contributed by atoms with van der Waals surface area (Å²) in [6, 6.07) is 7.64. The number of carbonyl (C=O) groups excluding carboxylic acids is 1. The van der Waals surface area contributed by atoms with Crippen LogP contribution >= 0.6 is 31.9 Å². The molecule has 0 spiro atoms. The number of nitrogens with zero attached hydrogens (tertiary/aromatic N) is 1. The van der Waals surface area contributed by atoms with Crippen molar-refractivity contribution in [3.05, 3.63) is 50.4 Å². The summed E-state index contributed by atoms with van der Waals surface area (Å²) in [5.41, 5.74) is 2.72. The molecule has 0 radical (unpaired) electrons. The van der Waals surface area contributed by atoms with Gasteiger partial charge in [0.25, 0.3) is 5.91 Å². The summed E-state index contributed by atoms with van der Waals surface area (Å²) >= 11 is 6.42. The van der Waals surface area contributed by atoms with Gasteiger partial charge in [-0.15, -0.1) is 0 Å². The maximum absolute atomic E-state index is 12.0. The molecule has 2 aromatic carbocycles. The number of phenols is 2. The van der Waals surface area contributed by atoms with Gasteiger partial charge in [-0.05, 0) is 46.3 Å². The lowest BCUT2D eigenvalue weighted by Crippen LogP contribution is -2.17. The van der Waals surface area contributed by atoms with Gasteiger partial charge in [-0.1, -0.05) is 15.9 Å². The van der Waals surface area contributed by atoms with Gasteiger partial charge in [0.05, 0.1) is 23.4 Å². The van der Waals surface area contributed by atoms with Gasteiger partial charge >= 0.3 is 0 Å². The fourth-order valence-electron chi connectivity index (χ4n) is 1.72. The van der Waals surface area contributed by atoms with E-state index in [1.54, 1.807) is 18.2 Å². The number of halogens is 2. The Morgan fingerprint density at radius 3 is 2.70 bits per heavy atom. The van der Waals surface area contributed by atoms with Crippen molar-refractivity contribution in [1.82, 2.24) is 5.43 Å². The van der Waals surface area contributed by atoms with Crippen LogP contribution in [-0.4, -0.2) is 29.4 Å². The predicted octanol–water partition coefficient (Wildman–Crippen LogP) is 3.40. The number of hydrogen-bond donors (Lipinski definition) is 3. The molecular weight excluding hydrogens is 432 g/mol. The molecule has 0 bridgehead atoms. The molecule has 0 fully saturated rings. The molecule has 0 atom stereocenters. The topological polar surface area (TPSA) is 91.2 Å². The Kier molecular flexibility index (Phi) is 5.62. The van der Waals surface area contributed by atoms with Crippen LogP contribution in [0.5, 0.6) is 17.2 Å². The highest BCUT2D eigenvalue weighted by Gasteiger charge is 2.11. The van der Waals surface area contributed by atoms with Crippen LogP contribution in [0.1, 0.15) is 15.9 Å². The van der Waals surface area contributed by atoms with Crippen molar-refractivity contribution in [1.29, 1.82) is 0 Å². The van der Waals surface area contributed by atoms with Gasteiger partial charge in [0.2, 0.25) is 0 Å². The van der Waals surface area contributed by atoms with Crippen LogP contribution in [-0.2, 0) is 0 Å². The number of hydrazone groups is 1. The van der Waals surface area contributed by atoms with Gasteiger partial charge in [0, 0.05) is 10.0 Å². The summed E-state index contributed by atoms with van der Waals surface area (Å²) < 4.78 is 6.18. The van der Waals surface area contributed by atoms with Crippen molar-refractivity contribution in [2.75, 3.05) is 7.11 Å². The standard InChI is InChI=1S/C15H12Br2N2O4/c1-23-10-4-8(14(21)12(17)6-10)7-18-19-15(22)11-5-9(16)2-3-13(11)20/h2-7,20-21H,1H3,(H,19,22)/b18-7-. The van der Waals surface area contributed by atoms with E-state index in [-0.39, 0.29) is 17.1 Å². The Morgan fingerprint density at radius 2 is 2.00 bits per heavy atom. The number of methoxy groups -OCH3 is 1. The van der Waals surface area contributed by atoms with Crippen LogP contribution in [0.15, 0.2) is 44.4 Å².